The standard InChI is InChI=1S/C26H31N3O2/c1-3-21-10-12-22(13-11-21)31-18-6-9-26(30)29-16-14-28(15-17-29)25-19-20(2)23-7-4-5-8-24(23)27-25/h4-5,7-8,10-13,19H,3,6,9,14-18H2,1-2H3. The Hall–Kier alpha value is -3.08. The maximum Gasteiger partial charge on any atom is 0.222 e. The molecule has 1 aromatic heterocycles. The average Bonchev–Trinajstić information content (AvgIpc) is 2.82. The van der Waals surface area contributed by atoms with Crippen molar-refractivity contribution in [1.82, 2.24) is 9.88 Å². The first-order chi connectivity index (χ1) is 15.1. The fraction of sp³-hybridized carbons (Fsp3) is 0.385. The van der Waals surface area contributed by atoms with E-state index in [1.807, 2.05) is 29.2 Å². The summed E-state index contributed by atoms with van der Waals surface area (Å²) in [4.78, 5) is 21.7. The first-order valence-electron chi connectivity index (χ1n) is 11.2. The molecule has 5 heteroatoms. The van der Waals surface area contributed by atoms with Crippen LogP contribution in [0.5, 0.6) is 5.75 Å². The van der Waals surface area contributed by atoms with Crippen LogP contribution in [0.25, 0.3) is 10.9 Å². The number of pyridine rings is 1. The molecular weight excluding hydrogens is 386 g/mol. The number of benzene rings is 2. The molecule has 1 aliphatic rings. The van der Waals surface area contributed by atoms with Crippen LogP contribution in [0.15, 0.2) is 54.6 Å². The van der Waals surface area contributed by atoms with E-state index in [4.69, 9.17) is 9.72 Å². The van der Waals surface area contributed by atoms with Crippen molar-refractivity contribution in [2.24, 2.45) is 0 Å². The second-order valence-corrected chi connectivity index (χ2v) is 8.13. The molecule has 0 bridgehead atoms. The van der Waals surface area contributed by atoms with Gasteiger partial charge in [-0.1, -0.05) is 37.3 Å². The molecule has 1 fully saturated rings. The number of amides is 1. The minimum absolute atomic E-state index is 0.215. The fourth-order valence-corrected chi connectivity index (χ4v) is 4.07. The average molecular weight is 418 g/mol. The van der Waals surface area contributed by atoms with Crippen molar-refractivity contribution in [3.63, 3.8) is 0 Å². The molecule has 0 atom stereocenters. The van der Waals surface area contributed by atoms with Gasteiger partial charge in [-0.25, -0.2) is 4.98 Å². The summed E-state index contributed by atoms with van der Waals surface area (Å²) in [6.07, 6.45) is 2.29. The maximum atomic E-state index is 12.6. The van der Waals surface area contributed by atoms with Crippen LogP contribution in [0, 0.1) is 6.92 Å². The number of ether oxygens (including phenoxy) is 1. The highest BCUT2D eigenvalue weighted by molar-refractivity contribution is 5.84. The molecule has 0 aliphatic carbocycles. The number of para-hydroxylation sites is 1. The van der Waals surface area contributed by atoms with Crippen molar-refractivity contribution in [3.05, 3.63) is 65.7 Å². The summed E-state index contributed by atoms with van der Waals surface area (Å²) in [5.41, 5.74) is 3.57. The van der Waals surface area contributed by atoms with E-state index in [1.165, 1.54) is 16.5 Å². The first kappa shape index (κ1) is 21.2. The van der Waals surface area contributed by atoms with Crippen molar-refractivity contribution in [2.45, 2.75) is 33.1 Å². The normalized spacial score (nSPS) is 14.1. The van der Waals surface area contributed by atoms with Gasteiger partial charge in [0.05, 0.1) is 12.1 Å². The van der Waals surface area contributed by atoms with Gasteiger partial charge in [-0.3, -0.25) is 4.79 Å². The van der Waals surface area contributed by atoms with E-state index >= 15 is 0 Å². The van der Waals surface area contributed by atoms with Crippen molar-refractivity contribution in [2.75, 3.05) is 37.7 Å². The minimum Gasteiger partial charge on any atom is -0.494 e. The zero-order valence-corrected chi connectivity index (χ0v) is 18.5. The largest absolute Gasteiger partial charge is 0.494 e. The number of carbonyl (C=O) groups excluding carboxylic acids is 1. The van der Waals surface area contributed by atoms with Gasteiger partial charge in [-0.05, 0) is 55.2 Å². The third kappa shape index (κ3) is 5.16. The predicted molar refractivity (Wildman–Crippen MR) is 126 cm³/mol. The van der Waals surface area contributed by atoms with E-state index < -0.39 is 0 Å². The van der Waals surface area contributed by atoms with E-state index in [-0.39, 0.29) is 5.91 Å². The van der Waals surface area contributed by atoms with Crippen LogP contribution >= 0.6 is 0 Å². The molecule has 1 saturated heterocycles. The molecule has 3 aromatic rings. The van der Waals surface area contributed by atoms with Crippen LogP contribution in [0.2, 0.25) is 0 Å². The molecule has 0 unspecified atom stereocenters. The molecule has 0 saturated carbocycles. The number of hydrogen-bond acceptors (Lipinski definition) is 4. The molecule has 1 aliphatic heterocycles. The summed E-state index contributed by atoms with van der Waals surface area (Å²) in [5, 5.41) is 1.20. The molecule has 0 radical (unpaired) electrons. The van der Waals surface area contributed by atoms with Crippen LogP contribution in [0.4, 0.5) is 5.82 Å². The quantitative estimate of drug-likeness (QED) is 0.527. The number of carbonyl (C=O) groups is 1. The molecular formula is C26H31N3O2. The topological polar surface area (TPSA) is 45.7 Å². The van der Waals surface area contributed by atoms with E-state index in [0.29, 0.717) is 13.0 Å². The molecule has 0 N–H and O–H groups in total. The van der Waals surface area contributed by atoms with Gasteiger partial charge in [-0.2, -0.15) is 0 Å². The lowest BCUT2D eigenvalue weighted by atomic mass is 10.1. The number of anilines is 1. The van der Waals surface area contributed by atoms with Crippen LogP contribution in [-0.4, -0.2) is 48.6 Å². The van der Waals surface area contributed by atoms with Gasteiger partial charge < -0.3 is 14.5 Å². The number of nitrogens with zero attached hydrogens (tertiary/aromatic N) is 3. The highest BCUT2D eigenvalue weighted by Gasteiger charge is 2.22. The van der Waals surface area contributed by atoms with Crippen LogP contribution in [0.3, 0.4) is 0 Å². The number of rotatable bonds is 7. The molecule has 0 spiro atoms. The molecule has 2 aromatic carbocycles. The molecule has 162 valence electrons. The van der Waals surface area contributed by atoms with Gasteiger partial charge in [0.15, 0.2) is 0 Å². The number of piperazine rings is 1. The lowest BCUT2D eigenvalue weighted by molar-refractivity contribution is -0.131. The zero-order chi connectivity index (χ0) is 21.6. The van der Waals surface area contributed by atoms with Crippen molar-refractivity contribution in [3.8, 4) is 5.75 Å². The monoisotopic (exact) mass is 417 g/mol. The summed E-state index contributed by atoms with van der Waals surface area (Å²) in [6, 6.07) is 18.6. The molecule has 1 amide bonds. The summed E-state index contributed by atoms with van der Waals surface area (Å²) in [5.74, 6) is 2.09. The summed E-state index contributed by atoms with van der Waals surface area (Å²) in [7, 11) is 0. The van der Waals surface area contributed by atoms with Crippen molar-refractivity contribution >= 4 is 22.6 Å². The second kappa shape index (κ2) is 9.82. The third-order valence-electron chi connectivity index (χ3n) is 6.00. The SMILES string of the molecule is CCc1ccc(OCCCC(=O)N2CCN(c3cc(C)c4ccccc4n3)CC2)cc1. The second-order valence-electron chi connectivity index (χ2n) is 8.13. The third-order valence-corrected chi connectivity index (χ3v) is 6.00. The fourth-order valence-electron chi connectivity index (χ4n) is 4.07. The van der Waals surface area contributed by atoms with E-state index in [0.717, 1.165) is 56.1 Å². The van der Waals surface area contributed by atoms with E-state index in [9.17, 15) is 4.79 Å². The number of hydrogen-bond donors (Lipinski definition) is 0. The molecule has 2 heterocycles. The van der Waals surface area contributed by atoms with Crippen LogP contribution in [0.1, 0.15) is 30.9 Å². The lowest BCUT2D eigenvalue weighted by Crippen LogP contribution is -2.49. The van der Waals surface area contributed by atoms with E-state index in [1.54, 1.807) is 0 Å². The zero-order valence-electron chi connectivity index (χ0n) is 18.5. The maximum absolute atomic E-state index is 12.6. The Bertz CT molecular complexity index is 1020. The molecule has 31 heavy (non-hydrogen) atoms. The number of aryl methyl sites for hydroxylation is 2. The first-order valence-corrected chi connectivity index (χ1v) is 11.2. The number of aromatic nitrogens is 1. The summed E-state index contributed by atoms with van der Waals surface area (Å²) in [6.45, 7) is 7.96. The van der Waals surface area contributed by atoms with Crippen LogP contribution < -0.4 is 9.64 Å². The van der Waals surface area contributed by atoms with Gasteiger partial charge in [-0.15, -0.1) is 0 Å². The van der Waals surface area contributed by atoms with Gasteiger partial charge in [0, 0.05) is 38.0 Å². The molecule has 4 rings (SSSR count). The van der Waals surface area contributed by atoms with Crippen molar-refractivity contribution < 1.29 is 9.53 Å². The van der Waals surface area contributed by atoms with Gasteiger partial charge in [0.25, 0.3) is 0 Å². The molecule has 5 nitrogen and oxygen atoms in total. The van der Waals surface area contributed by atoms with Crippen LogP contribution in [-0.2, 0) is 11.2 Å². The van der Waals surface area contributed by atoms with E-state index in [2.05, 4.69) is 49.1 Å². The Morgan fingerprint density at radius 2 is 1.77 bits per heavy atom. The Kier molecular flexibility index (Phi) is 6.70. The Labute approximate surface area is 184 Å². The minimum atomic E-state index is 0.215. The predicted octanol–water partition coefficient (Wildman–Crippen LogP) is 4.61. The Morgan fingerprint density at radius 1 is 1.03 bits per heavy atom. The van der Waals surface area contributed by atoms with Gasteiger partial charge in [0.1, 0.15) is 11.6 Å². The van der Waals surface area contributed by atoms with Gasteiger partial charge >= 0.3 is 0 Å². The van der Waals surface area contributed by atoms with Gasteiger partial charge in [0.2, 0.25) is 5.91 Å². The van der Waals surface area contributed by atoms with Crippen molar-refractivity contribution in [1.29, 1.82) is 0 Å². The Balaban J connectivity index is 1.23. The smallest absolute Gasteiger partial charge is 0.222 e. The lowest BCUT2D eigenvalue weighted by Gasteiger charge is -2.35. The number of fused-ring (bicyclic) bond motifs is 1. The highest BCUT2D eigenvalue weighted by atomic mass is 16.5. The highest BCUT2D eigenvalue weighted by Crippen LogP contribution is 2.23. The Morgan fingerprint density at radius 3 is 2.52 bits per heavy atom. The summed E-state index contributed by atoms with van der Waals surface area (Å²) < 4.78 is 5.78. The summed E-state index contributed by atoms with van der Waals surface area (Å²) >= 11 is 0.